The summed E-state index contributed by atoms with van der Waals surface area (Å²) in [5.41, 5.74) is 5.09. The van der Waals surface area contributed by atoms with E-state index in [9.17, 15) is 9.59 Å². The van der Waals surface area contributed by atoms with Crippen LogP contribution in [0.25, 0.3) is 11.1 Å². The van der Waals surface area contributed by atoms with Gasteiger partial charge in [-0.1, -0.05) is 18.2 Å². The van der Waals surface area contributed by atoms with E-state index >= 15 is 0 Å². The molecule has 7 nitrogen and oxygen atoms in total. The van der Waals surface area contributed by atoms with Crippen LogP contribution < -0.4 is 15.5 Å². The molecule has 1 saturated heterocycles. The van der Waals surface area contributed by atoms with Gasteiger partial charge in [-0.3, -0.25) is 9.59 Å². The van der Waals surface area contributed by atoms with E-state index in [4.69, 9.17) is 0 Å². The zero-order valence-corrected chi connectivity index (χ0v) is 21.8. The lowest BCUT2D eigenvalue weighted by molar-refractivity contribution is 0.0951. The molecule has 1 aliphatic heterocycles. The topological polar surface area (TPSA) is 77.6 Å². The maximum absolute atomic E-state index is 13.1. The third kappa shape index (κ3) is 6.00. The van der Waals surface area contributed by atoms with E-state index in [1.807, 2.05) is 55.5 Å². The number of amides is 2. The normalized spacial score (nSPS) is 17.2. The van der Waals surface area contributed by atoms with Crippen molar-refractivity contribution < 1.29 is 9.59 Å². The molecular formula is C30H35N5O2. The number of aryl methyl sites for hydroxylation is 1. The summed E-state index contributed by atoms with van der Waals surface area (Å²) in [6, 6.07) is 17.7. The highest BCUT2D eigenvalue weighted by atomic mass is 16.2. The first-order chi connectivity index (χ1) is 17.9. The summed E-state index contributed by atoms with van der Waals surface area (Å²) in [5.74, 6) is 1.30. The molecule has 0 bridgehead atoms. The summed E-state index contributed by atoms with van der Waals surface area (Å²) in [4.78, 5) is 34.5. The van der Waals surface area contributed by atoms with Crippen molar-refractivity contribution in [3.8, 4) is 11.1 Å². The molecule has 1 aliphatic carbocycles. The number of rotatable bonds is 8. The van der Waals surface area contributed by atoms with Crippen molar-refractivity contribution in [2.45, 2.75) is 32.2 Å². The van der Waals surface area contributed by atoms with E-state index in [2.05, 4.69) is 39.5 Å². The molecule has 5 rings (SSSR count). The van der Waals surface area contributed by atoms with Crippen LogP contribution >= 0.6 is 0 Å². The van der Waals surface area contributed by atoms with Gasteiger partial charge in [0.25, 0.3) is 11.8 Å². The molecule has 7 heteroatoms. The van der Waals surface area contributed by atoms with Crippen molar-refractivity contribution in [1.82, 2.24) is 15.2 Å². The van der Waals surface area contributed by atoms with Crippen LogP contribution in [0.2, 0.25) is 0 Å². The van der Waals surface area contributed by atoms with Gasteiger partial charge in [0.1, 0.15) is 5.82 Å². The average molecular weight is 498 g/mol. The number of aromatic nitrogens is 1. The molecular weight excluding hydrogens is 462 g/mol. The molecule has 1 saturated carbocycles. The second-order valence-corrected chi connectivity index (χ2v) is 10.5. The van der Waals surface area contributed by atoms with E-state index in [0.717, 1.165) is 54.3 Å². The number of pyridine rings is 1. The smallest absolute Gasteiger partial charge is 0.255 e. The third-order valence-corrected chi connectivity index (χ3v) is 7.43. The van der Waals surface area contributed by atoms with Gasteiger partial charge in [-0.05, 0) is 99.3 Å². The van der Waals surface area contributed by atoms with Crippen molar-refractivity contribution in [1.29, 1.82) is 0 Å². The molecule has 1 unspecified atom stereocenters. The number of nitrogens with zero attached hydrogens (tertiary/aromatic N) is 3. The number of likely N-dealkylation sites (N-methyl/N-ethyl adjacent to an activating group) is 1. The van der Waals surface area contributed by atoms with Gasteiger partial charge in [-0.25, -0.2) is 4.98 Å². The fraction of sp³-hybridized carbons (Fsp3) is 0.367. The predicted molar refractivity (Wildman–Crippen MR) is 148 cm³/mol. The third-order valence-electron chi connectivity index (χ3n) is 7.43. The van der Waals surface area contributed by atoms with Gasteiger partial charge in [-0.15, -0.1) is 0 Å². The second kappa shape index (κ2) is 10.7. The van der Waals surface area contributed by atoms with Crippen molar-refractivity contribution >= 4 is 23.3 Å². The van der Waals surface area contributed by atoms with Crippen LogP contribution in [0.1, 0.15) is 45.5 Å². The maximum Gasteiger partial charge on any atom is 0.255 e. The molecule has 2 heterocycles. The minimum Gasteiger partial charge on any atom is -0.355 e. The van der Waals surface area contributed by atoms with Crippen molar-refractivity contribution in [2.75, 3.05) is 43.9 Å². The quantitative estimate of drug-likeness (QED) is 0.476. The van der Waals surface area contributed by atoms with Crippen LogP contribution in [-0.4, -0.2) is 61.5 Å². The number of nitrogens with one attached hydrogen (secondary N) is 2. The van der Waals surface area contributed by atoms with Crippen LogP contribution in [0.15, 0.2) is 60.8 Å². The van der Waals surface area contributed by atoms with E-state index in [1.54, 1.807) is 12.3 Å². The number of anilines is 2. The van der Waals surface area contributed by atoms with Gasteiger partial charge in [0.15, 0.2) is 0 Å². The standard InChI is InChI=1S/C30H35N5O2/c1-20-4-11-25(17-27(20)22-7-9-23(10-8-22)29(36)32-18-21-5-6-21)33-30(37)24-12-14-31-28(16-24)35-15-13-26(19-35)34(2)3/h4,7-12,14,16-17,21,26H,5-6,13,15,18-19H2,1-3H3,(H,32,36)(H,33,37). The van der Waals surface area contributed by atoms with Gasteiger partial charge in [-0.2, -0.15) is 0 Å². The summed E-state index contributed by atoms with van der Waals surface area (Å²) in [5, 5.41) is 6.06. The molecule has 37 heavy (non-hydrogen) atoms. The van der Waals surface area contributed by atoms with Gasteiger partial charge in [0.05, 0.1) is 0 Å². The predicted octanol–water partition coefficient (Wildman–Crippen LogP) is 4.59. The first kappa shape index (κ1) is 25.0. The first-order valence-electron chi connectivity index (χ1n) is 13.1. The van der Waals surface area contributed by atoms with E-state index < -0.39 is 0 Å². The molecule has 3 aromatic rings. The number of hydrogen-bond acceptors (Lipinski definition) is 5. The lowest BCUT2D eigenvalue weighted by atomic mass is 9.98. The lowest BCUT2D eigenvalue weighted by Crippen LogP contribution is -2.31. The largest absolute Gasteiger partial charge is 0.355 e. The minimum atomic E-state index is -0.163. The molecule has 2 amide bonds. The zero-order chi connectivity index (χ0) is 25.9. The molecule has 2 aliphatic rings. The van der Waals surface area contributed by atoms with Gasteiger partial charge in [0.2, 0.25) is 0 Å². The van der Waals surface area contributed by atoms with Crippen molar-refractivity contribution in [2.24, 2.45) is 5.92 Å². The van der Waals surface area contributed by atoms with Crippen LogP contribution in [0.5, 0.6) is 0 Å². The Morgan fingerprint density at radius 3 is 2.46 bits per heavy atom. The number of carbonyl (C=O) groups excluding carboxylic acids is 2. The van der Waals surface area contributed by atoms with Crippen LogP contribution in [0.4, 0.5) is 11.5 Å². The van der Waals surface area contributed by atoms with Gasteiger partial charge in [0, 0.05) is 48.7 Å². The summed E-state index contributed by atoms with van der Waals surface area (Å²) >= 11 is 0. The summed E-state index contributed by atoms with van der Waals surface area (Å²) in [7, 11) is 4.20. The van der Waals surface area contributed by atoms with Gasteiger partial charge >= 0.3 is 0 Å². The average Bonchev–Trinajstić information content (AvgIpc) is 3.61. The highest BCUT2D eigenvalue weighted by Gasteiger charge is 2.25. The Labute approximate surface area is 218 Å². The first-order valence-corrected chi connectivity index (χ1v) is 13.1. The number of hydrogen-bond donors (Lipinski definition) is 2. The molecule has 1 atom stereocenters. The highest BCUT2D eigenvalue weighted by Crippen LogP contribution is 2.29. The molecule has 0 spiro atoms. The fourth-order valence-electron chi connectivity index (χ4n) is 4.78. The van der Waals surface area contributed by atoms with Crippen LogP contribution in [0.3, 0.4) is 0 Å². The molecule has 1 aromatic heterocycles. The van der Waals surface area contributed by atoms with E-state index in [-0.39, 0.29) is 11.8 Å². The van der Waals surface area contributed by atoms with E-state index in [0.29, 0.717) is 23.1 Å². The maximum atomic E-state index is 13.1. The summed E-state index contributed by atoms with van der Waals surface area (Å²) in [6.07, 6.45) is 5.21. The molecule has 2 fully saturated rings. The van der Waals surface area contributed by atoms with Crippen LogP contribution in [0, 0.1) is 12.8 Å². The Hall–Kier alpha value is -3.71. The summed E-state index contributed by atoms with van der Waals surface area (Å²) in [6.45, 7) is 4.65. The molecule has 192 valence electrons. The fourth-order valence-corrected chi connectivity index (χ4v) is 4.78. The van der Waals surface area contributed by atoms with Gasteiger partial charge < -0.3 is 20.4 Å². The Kier molecular flexibility index (Phi) is 7.24. The Morgan fingerprint density at radius 1 is 0.973 bits per heavy atom. The van der Waals surface area contributed by atoms with Crippen molar-refractivity contribution in [3.63, 3.8) is 0 Å². The minimum absolute atomic E-state index is 0.0286. The van der Waals surface area contributed by atoms with Crippen LogP contribution in [-0.2, 0) is 0 Å². The highest BCUT2D eigenvalue weighted by molar-refractivity contribution is 6.05. The molecule has 2 aromatic carbocycles. The lowest BCUT2D eigenvalue weighted by Gasteiger charge is -2.21. The molecule has 0 radical (unpaired) electrons. The van der Waals surface area contributed by atoms with Crippen molar-refractivity contribution in [3.05, 3.63) is 77.5 Å². The van der Waals surface area contributed by atoms with E-state index in [1.165, 1.54) is 12.8 Å². The SMILES string of the molecule is Cc1ccc(NC(=O)c2ccnc(N3CCC(N(C)C)C3)c2)cc1-c1ccc(C(=O)NCC2CC2)cc1. The monoisotopic (exact) mass is 497 g/mol. The zero-order valence-electron chi connectivity index (χ0n) is 21.8. The Balaban J connectivity index is 1.27. The summed E-state index contributed by atoms with van der Waals surface area (Å²) < 4.78 is 0. The Morgan fingerprint density at radius 2 is 1.76 bits per heavy atom. The number of benzene rings is 2. The number of carbonyl (C=O) groups is 2. The Bertz CT molecular complexity index is 1280. The molecule has 2 N–H and O–H groups in total. The second-order valence-electron chi connectivity index (χ2n) is 10.5.